The second kappa shape index (κ2) is 7.42. The van der Waals surface area contributed by atoms with Crippen molar-refractivity contribution in [2.45, 2.75) is 18.2 Å². The van der Waals surface area contributed by atoms with Crippen LogP contribution < -0.4 is 19.7 Å². The summed E-state index contributed by atoms with van der Waals surface area (Å²) in [6.07, 6.45) is 3.48. The molecule has 0 aromatic heterocycles. The van der Waals surface area contributed by atoms with Gasteiger partial charge in [-0.05, 0) is 29.8 Å². The SMILES string of the molecule is COc1cccc(CNC(=O)[C@@H]2[C@H]3C=C[C@@]4(CN(c5cccc(OC)c5)C(=O)[C@@H]24)O3)c1. The Morgan fingerprint density at radius 1 is 1.16 bits per heavy atom. The van der Waals surface area contributed by atoms with Gasteiger partial charge in [0.05, 0.1) is 38.7 Å². The van der Waals surface area contributed by atoms with Crippen molar-refractivity contribution in [2.75, 3.05) is 25.7 Å². The number of carbonyl (C=O) groups excluding carboxylic acids is 2. The third-order valence-electron chi connectivity index (χ3n) is 6.37. The zero-order valence-electron chi connectivity index (χ0n) is 17.4. The highest BCUT2D eigenvalue weighted by atomic mass is 16.5. The molecule has 2 saturated heterocycles. The maximum atomic E-state index is 13.4. The van der Waals surface area contributed by atoms with Crippen LogP contribution in [0.5, 0.6) is 11.5 Å². The van der Waals surface area contributed by atoms with Crippen LogP contribution in [0.3, 0.4) is 0 Å². The standard InChI is InChI=1S/C24H24N2O5/c1-29-17-7-3-5-15(11-17)13-25-22(27)20-19-9-10-24(31-19)14-26(23(28)21(20)24)16-6-4-8-18(12-16)30-2/h3-12,19-21H,13-14H2,1-2H3,(H,25,27)/t19-,20-,21-,24+/m1/s1. The number of anilines is 1. The minimum Gasteiger partial charge on any atom is -0.497 e. The van der Waals surface area contributed by atoms with Gasteiger partial charge in [-0.1, -0.05) is 30.4 Å². The first-order valence-corrected chi connectivity index (χ1v) is 10.3. The van der Waals surface area contributed by atoms with Crippen molar-refractivity contribution in [1.82, 2.24) is 5.32 Å². The summed E-state index contributed by atoms with van der Waals surface area (Å²) < 4.78 is 16.7. The Morgan fingerprint density at radius 2 is 1.90 bits per heavy atom. The van der Waals surface area contributed by atoms with Gasteiger partial charge in [-0.3, -0.25) is 9.59 Å². The molecule has 1 spiro atoms. The van der Waals surface area contributed by atoms with Crippen LogP contribution in [0.4, 0.5) is 5.69 Å². The van der Waals surface area contributed by atoms with E-state index < -0.39 is 17.4 Å². The van der Waals surface area contributed by atoms with E-state index >= 15 is 0 Å². The number of methoxy groups -OCH3 is 2. The molecule has 3 heterocycles. The summed E-state index contributed by atoms with van der Waals surface area (Å²) in [5, 5.41) is 2.98. The van der Waals surface area contributed by atoms with Gasteiger partial charge in [0.25, 0.3) is 0 Å². The van der Waals surface area contributed by atoms with Crippen LogP contribution in [0.2, 0.25) is 0 Å². The number of carbonyl (C=O) groups is 2. The highest BCUT2D eigenvalue weighted by molar-refractivity contribution is 6.03. The smallest absolute Gasteiger partial charge is 0.234 e. The lowest BCUT2D eigenvalue weighted by Gasteiger charge is -2.23. The number of hydrogen-bond acceptors (Lipinski definition) is 5. The van der Waals surface area contributed by atoms with Crippen molar-refractivity contribution in [3.8, 4) is 11.5 Å². The van der Waals surface area contributed by atoms with Gasteiger partial charge in [0.15, 0.2) is 0 Å². The van der Waals surface area contributed by atoms with E-state index in [0.29, 0.717) is 18.8 Å². The number of amides is 2. The first-order valence-electron chi connectivity index (χ1n) is 10.3. The van der Waals surface area contributed by atoms with Crippen LogP contribution in [0, 0.1) is 11.8 Å². The Morgan fingerprint density at radius 3 is 2.68 bits per heavy atom. The molecule has 2 bridgehead atoms. The number of rotatable bonds is 6. The molecule has 7 heteroatoms. The number of fused-ring (bicyclic) bond motifs is 1. The number of nitrogens with zero attached hydrogens (tertiary/aromatic N) is 1. The predicted octanol–water partition coefficient (Wildman–Crippen LogP) is 2.31. The van der Waals surface area contributed by atoms with E-state index in [9.17, 15) is 9.59 Å². The fourth-order valence-electron chi connectivity index (χ4n) is 4.88. The van der Waals surface area contributed by atoms with Gasteiger partial charge in [0.2, 0.25) is 11.8 Å². The van der Waals surface area contributed by atoms with Crippen molar-refractivity contribution in [3.63, 3.8) is 0 Å². The monoisotopic (exact) mass is 420 g/mol. The topological polar surface area (TPSA) is 77.1 Å². The Balaban J connectivity index is 1.36. The van der Waals surface area contributed by atoms with Crippen LogP contribution in [0.1, 0.15) is 5.56 Å². The highest BCUT2D eigenvalue weighted by Crippen LogP contribution is 2.52. The summed E-state index contributed by atoms with van der Waals surface area (Å²) in [4.78, 5) is 28.3. The molecule has 7 nitrogen and oxygen atoms in total. The molecule has 160 valence electrons. The van der Waals surface area contributed by atoms with Crippen LogP contribution in [0.15, 0.2) is 60.7 Å². The zero-order chi connectivity index (χ0) is 21.6. The molecule has 2 aromatic carbocycles. The average molecular weight is 420 g/mol. The summed E-state index contributed by atoms with van der Waals surface area (Å²) in [7, 11) is 3.20. The molecule has 2 fully saturated rings. The molecule has 0 aliphatic carbocycles. The summed E-state index contributed by atoms with van der Waals surface area (Å²) in [5.41, 5.74) is 0.907. The normalized spacial score (nSPS) is 28.0. The minimum atomic E-state index is -0.761. The third kappa shape index (κ3) is 3.16. The van der Waals surface area contributed by atoms with Gasteiger partial charge in [0, 0.05) is 18.3 Å². The van der Waals surface area contributed by atoms with Crippen molar-refractivity contribution in [1.29, 1.82) is 0 Å². The van der Waals surface area contributed by atoms with Crippen LogP contribution in [0.25, 0.3) is 0 Å². The molecule has 2 amide bonds. The van der Waals surface area contributed by atoms with Gasteiger partial charge >= 0.3 is 0 Å². The van der Waals surface area contributed by atoms with E-state index in [4.69, 9.17) is 14.2 Å². The molecule has 0 radical (unpaired) electrons. The Bertz CT molecular complexity index is 1070. The second-order valence-electron chi connectivity index (χ2n) is 8.10. The molecule has 0 saturated carbocycles. The molecule has 2 aromatic rings. The van der Waals surface area contributed by atoms with E-state index in [0.717, 1.165) is 17.0 Å². The van der Waals surface area contributed by atoms with Gasteiger partial charge in [-0.2, -0.15) is 0 Å². The van der Waals surface area contributed by atoms with Crippen molar-refractivity contribution in [2.24, 2.45) is 11.8 Å². The van der Waals surface area contributed by atoms with E-state index in [1.807, 2.05) is 60.7 Å². The lowest BCUT2D eigenvalue weighted by Crippen LogP contribution is -2.43. The molecule has 3 aliphatic heterocycles. The maximum Gasteiger partial charge on any atom is 0.234 e. The average Bonchev–Trinajstić information content (AvgIpc) is 3.46. The lowest BCUT2D eigenvalue weighted by molar-refractivity contribution is -0.132. The van der Waals surface area contributed by atoms with Gasteiger partial charge in [-0.25, -0.2) is 0 Å². The van der Waals surface area contributed by atoms with E-state index in [1.165, 1.54) is 0 Å². The molecule has 1 N–H and O–H groups in total. The quantitative estimate of drug-likeness (QED) is 0.726. The molecule has 0 unspecified atom stereocenters. The number of hydrogen-bond donors (Lipinski definition) is 1. The summed E-state index contributed by atoms with van der Waals surface area (Å²) in [5.74, 6) is 0.0363. The van der Waals surface area contributed by atoms with Gasteiger partial charge in [0.1, 0.15) is 17.1 Å². The molecular weight excluding hydrogens is 396 g/mol. The molecule has 4 atom stereocenters. The summed E-state index contributed by atoms with van der Waals surface area (Å²) in [6, 6.07) is 14.9. The van der Waals surface area contributed by atoms with Crippen molar-refractivity contribution in [3.05, 3.63) is 66.2 Å². The lowest BCUT2D eigenvalue weighted by atomic mass is 9.77. The van der Waals surface area contributed by atoms with Gasteiger partial charge < -0.3 is 24.4 Å². The zero-order valence-corrected chi connectivity index (χ0v) is 17.4. The predicted molar refractivity (Wildman–Crippen MR) is 114 cm³/mol. The van der Waals surface area contributed by atoms with Crippen LogP contribution in [-0.2, 0) is 20.9 Å². The summed E-state index contributed by atoms with van der Waals surface area (Å²) in [6.45, 7) is 0.743. The largest absolute Gasteiger partial charge is 0.497 e. The van der Waals surface area contributed by atoms with Crippen molar-refractivity contribution >= 4 is 17.5 Å². The first-order chi connectivity index (χ1) is 15.0. The Hall–Kier alpha value is -3.32. The van der Waals surface area contributed by atoms with Crippen LogP contribution in [-0.4, -0.2) is 44.3 Å². The van der Waals surface area contributed by atoms with Crippen molar-refractivity contribution < 1.29 is 23.8 Å². The molecule has 31 heavy (non-hydrogen) atoms. The minimum absolute atomic E-state index is 0.0957. The fraction of sp³-hybridized carbons (Fsp3) is 0.333. The number of benzene rings is 2. The van der Waals surface area contributed by atoms with E-state index in [1.54, 1.807) is 19.1 Å². The summed E-state index contributed by atoms with van der Waals surface area (Å²) >= 11 is 0. The van der Waals surface area contributed by atoms with E-state index in [2.05, 4.69) is 5.32 Å². The fourth-order valence-corrected chi connectivity index (χ4v) is 4.88. The third-order valence-corrected chi connectivity index (χ3v) is 6.37. The molecule has 5 rings (SSSR count). The maximum absolute atomic E-state index is 13.4. The number of ether oxygens (including phenoxy) is 3. The molecular formula is C24H24N2O5. The first kappa shape index (κ1) is 19.6. The Labute approximate surface area is 180 Å². The van der Waals surface area contributed by atoms with Gasteiger partial charge in [-0.15, -0.1) is 0 Å². The highest BCUT2D eigenvalue weighted by Gasteiger charge is 2.67. The Kier molecular flexibility index (Phi) is 4.70. The van der Waals surface area contributed by atoms with E-state index in [-0.39, 0.29) is 17.9 Å². The number of nitrogens with one attached hydrogen (secondary N) is 1. The van der Waals surface area contributed by atoms with Crippen LogP contribution >= 0.6 is 0 Å². The molecule has 3 aliphatic rings. The second-order valence-corrected chi connectivity index (χ2v) is 8.10.